The van der Waals surface area contributed by atoms with E-state index in [0.29, 0.717) is 25.0 Å². The Labute approximate surface area is 127 Å². The average molecular weight is 305 g/mol. The number of amides is 1. The first kappa shape index (κ1) is 14.1. The molecule has 1 saturated carbocycles. The van der Waals surface area contributed by atoms with Crippen molar-refractivity contribution in [2.24, 2.45) is 0 Å². The van der Waals surface area contributed by atoms with E-state index in [-0.39, 0.29) is 5.91 Å². The molecule has 0 bridgehead atoms. The van der Waals surface area contributed by atoms with Crippen LogP contribution in [0.15, 0.2) is 6.07 Å². The first-order valence-corrected chi connectivity index (χ1v) is 7.96. The molecule has 3 N–H and O–H groups in total. The molecule has 0 saturated heterocycles. The van der Waals surface area contributed by atoms with Crippen molar-refractivity contribution in [1.29, 1.82) is 0 Å². The van der Waals surface area contributed by atoms with E-state index in [1.807, 2.05) is 0 Å². The molecule has 0 aromatic carbocycles. The summed E-state index contributed by atoms with van der Waals surface area (Å²) in [7, 11) is 1.80. The highest BCUT2D eigenvalue weighted by atomic mass is 32.1. The Bertz CT molecular complexity index is 665. The lowest BCUT2D eigenvalue weighted by molar-refractivity contribution is -0.120. The standard InChI is InChI=1S/C14H19N5OS/c1-8-7-10-12(18-14(15-2)19-13(10)21-8)16-6-5-11(20)17-9-3-4-9/h7,9H,3-6H2,1-2H3,(H,17,20)(H2,15,16,18,19). The highest BCUT2D eigenvalue weighted by Gasteiger charge is 2.22. The lowest BCUT2D eigenvalue weighted by atomic mass is 10.3. The van der Waals surface area contributed by atoms with Crippen molar-refractivity contribution in [1.82, 2.24) is 15.3 Å². The fourth-order valence-electron chi connectivity index (χ4n) is 2.11. The molecule has 1 amide bonds. The summed E-state index contributed by atoms with van der Waals surface area (Å²) in [4.78, 5) is 22.7. The van der Waals surface area contributed by atoms with Crippen LogP contribution < -0.4 is 16.0 Å². The van der Waals surface area contributed by atoms with Crippen molar-refractivity contribution in [3.63, 3.8) is 0 Å². The van der Waals surface area contributed by atoms with Gasteiger partial charge in [-0.05, 0) is 25.8 Å². The van der Waals surface area contributed by atoms with Gasteiger partial charge in [-0.2, -0.15) is 4.98 Å². The summed E-state index contributed by atoms with van der Waals surface area (Å²) < 4.78 is 0. The van der Waals surface area contributed by atoms with Gasteiger partial charge in [0.1, 0.15) is 10.6 Å². The van der Waals surface area contributed by atoms with Gasteiger partial charge in [0.05, 0.1) is 5.39 Å². The van der Waals surface area contributed by atoms with E-state index in [1.54, 1.807) is 18.4 Å². The maximum atomic E-state index is 11.7. The average Bonchev–Trinajstić information content (AvgIpc) is 3.17. The molecule has 0 spiro atoms. The molecule has 6 nitrogen and oxygen atoms in total. The number of thiophene rings is 1. The van der Waals surface area contributed by atoms with Crippen LogP contribution in [0.4, 0.5) is 11.8 Å². The zero-order chi connectivity index (χ0) is 14.8. The summed E-state index contributed by atoms with van der Waals surface area (Å²) in [6, 6.07) is 2.49. The molecule has 2 heterocycles. The molecule has 0 atom stereocenters. The number of anilines is 2. The number of carbonyl (C=O) groups is 1. The van der Waals surface area contributed by atoms with Crippen molar-refractivity contribution in [2.75, 3.05) is 24.2 Å². The Balaban J connectivity index is 1.68. The molecule has 7 heteroatoms. The summed E-state index contributed by atoms with van der Waals surface area (Å²) in [6.07, 6.45) is 2.69. The van der Waals surface area contributed by atoms with Crippen LogP contribution in [0.2, 0.25) is 0 Å². The Morgan fingerprint density at radius 2 is 2.24 bits per heavy atom. The molecule has 1 fully saturated rings. The summed E-state index contributed by atoms with van der Waals surface area (Å²) in [6.45, 7) is 2.63. The predicted octanol–water partition coefficient (Wildman–Crippen LogP) is 2.12. The quantitative estimate of drug-likeness (QED) is 0.762. The minimum Gasteiger partial charge on any atom is -0.369 e. The maximum Gasteiger partial charge on any atom is 0.225 e. The van der Waals surface area contributed by atoms with Crippen molar-refractivity contribution in [3.8, 4) is 0 Å². The lowest BCUT2D eigenvalue weighted by Gasteiger charge is -2.08. The number of carbonyl (C=O) groups excluding carboxylic acids is 1. The van der Waals surface area contributed by atoms with E-state index in [0.717, 1.165) is 28.9 Å². The maximum absolute atomic E-state index is 11.7. The molecule has 3 rings (SSSR count). The van der Waals surface area contributed by atoms with Crippen LogP contribution in [0.1, 0.15) is 24.1 Å². The first-order valence-electron chi connectivity index (χ1n) is 7.15. The Kier molecular flexibility index (Phi) is 3.92. The topological polar surface area (TPSA) is 78.9 Å². The number of fused-ring (bicyclic) bond motifs is 1. The second-order valence-corrected chi connectivity index (χ2v) is 6.48. The van der Waals surface area contributed by atoms with Gasteiger partial charge in [0.15, 0.2) is 0 Å². The number of aryl methyl sites for hydroxylation is 1. The number of nitrogens with one attached hydrogen (secondary N) is 3. The highest BCUT2D eigenvalue weighted by Crippen LogP contribution is 2.29. The third-order valence-corrected chi connectivity index (χ3v) is 4.27. The van der Waals surface area contributed by atoms with Crippen LogP contribution in [0, 0.1) is 6.92 Å². The normalized spacial score (nSPS) is 14.2. The molecule has 1 aliphatic rings. The van der Waals surface area contributed by atoms with Gasteiger partial charge in [-0.3, -0.25) is 4.79 Å². The van der Waals surface area contributed by atoms with Crippen LogP contribution in [-0.4, -0.2) is 35.5 Å². The molecule has 0 aliphatic heterocycles. The number of hydrogen-bond acceptors (Lipinski definition) is 6. The monoisotopic (exact) mass is 305 g/mol. The Hall–Kier alpha value is -1.89. The number of hydrogen-bond donors (Lipinski definition) is 3. The molecule has 21 heavy (non-hydrogen) atoms. The van der Waals surface area contributed by atoms with Crippen molar-refractivity contribution in [2.45, 2.75) is 32.2 Å². The van der Waals surface area contributed by atoms with Crippen molar-refractivity contribution in [3.05, 3.63) is 10.9 Å². The van der Waals surface area contributed by atoms with E-state index in [4.69, 9.17) is 0 Å². The van der Waals surface area contributed by atoms with Gasteiger partial charge in [0, 0.05) is 30.9 Å². The Morgan fingerprint density at radius 3 is 2.95 bits per heavy atom. The second kappa shape index (κ2) is 5.85. The van der Waals surface area contributed by atoms with E-state index in [1.165, 1.54) is 4.88 Å². The van der Waals surface area contributed by atoms with Gasteiger partial charge in [-0.25, -0.2) is 4.98 Å². The van der Waals surface area contributed by atoms with Gasteiger partial charge in [0.2, 0.25) is 11.9 Å². The predicted molar refractivity (Wildman–Crippen MR) is 86.0 cm³/mol. The van der Waals surface area contributed by atoms with Crippen LogP contribution in [-0.2, 0) is 4.79 Å². The zero-order valence-corrected chi connectivity index (χ0v) is 13.0. The van der Waals surface area contributed by atoms with Crippen LogP contribution in [0.5, 0.6) is 0 Å². The highest BCUT2D eigenvalue weighted by molar-refractivity contribution is 7.18. The van der Waals surface area contributed by atoms with E-state index < -0.39 is 0 Å². The van der Waals surface area contributed by atoms with Crippen molar-refractivity contribution < 1.29 is 4.79 Å². The molecule has 2 aromatic rings. The molecular weight excluding hydrogens is 286 g/mol. The summed E-state index contributed by atoms with van der Waals surface area (Å²) in [5.41, 5.74) is 0. The first-order chi connectivity index (χ1) is 10.2. The third kappa shape index (κ3) is 3.41. The Morgan fingerprint density at radius 1 is 1.43 bits per heavy atom. The van der Waals surface area contributed by atoms with Gasteiger partial charge < -0.3 is 16.0 Å². The fourth-order valence-corrected chi connectivity index (χ4v) is 2.99. The third-order valence-electron chi connectivity index (χ3n) is 3.33. The SMILES string of the molecule is CNc1nc(NCCC(=O)NC2CC2)c2cc(C)sc2n1. The molecule has 0 radical (unpaired) electrons. The van der Waals surface area contributed by atoms with Crippen LogP contribution in [0.25, 0.3) is 10.2 Å². The van der Waals surface area contributed by atoms with Gasteiger partial charge in [0.25, 0.3) is 0 Å². The van der Waals surface area contributed by atoms with Crippen LogP contribution in [0.3, 0.4) is 0 Å². The molecular formula is C14H19N5OS. The zero-order valence-electron chi connectivity index (χ0n) is 12.2. The van der Waals surface area contributed by atoms with Gasteiger partial charge in [-0.15, -0.1) is 11.3 Å². The summed E-state index contributed by atoms with van der Waals surface area (Å²) in [5, 5.41) is 10.2. The largest absolute Gasteiger partial charge is 0.369 e. The smallest absolute Gasteiger partial charge is 0.225 e. The summed E-state index contributed by atoms with van der Waals surface area (Å²) >= 11 is 1.64. The molecule has 1 aliphatic carbocycles. The molecule has 112 valence electrons. The van der Waals surface area contributed by atoms with E-state index >= 15 is 0 Å². The minimum atomic E-state index is 0.102. The van der Waals surface area contributed by atoms with Gasteiger partial charge >= 0.3 is 0 Å². The number of rotatable bonds is 6. The number of nitrogens with zero attached hydrogens (tertiary/aromatic N) is 2. The molecule has 0 unspecified atom stereocenters. The molecule has 2 aromatic heterocycles. The van der Waals surface area contributed by atoms with E-state index in [9.17, 15) is 4.79 Å². The summed E-state index contributed by atoms with van der Waals surface area (Å²) in [5.74, 6) is 1.48. The minimum absolute atomic E-state index is 0.102. The van der Waals surface area contributed by atoms with Crippen molar-refractivity contribution >= 4 is 39.2 Å². The lowest BCUT2D eigenvalue weighted by Crippen LogP contribution is -2.27. The fraction of sp³-hybridized carbons (Fsp3) is 0.500. The van der Waals surface area contributed by atoms with Crippen LogP contribution >= 0.6 is 11.3 Å². The second-order valence-electron chi connectivity index (χ2n) is 5.24. The van der Waals surface area contributed by atoms with E-state index in [2.05, 4.69) is 38.9 Å². The number of aromatic nitrogens is 2. The van der Waals surface area contributed by atoms with Gasteiger partial charge in [-0.1, -0.05) is 0 Å².